The first kappa shape index (κ1) is 20.9. The summed E-state index contributed by atoms with van der Waals surface area (Å²) < 4.78 is 0. The van der Waals surface area contributed by atoms with Gasteiger partial charge in [-0.1, -0.05) is 25.1 Å². The number of nitrogens with one attached hydrogen (secondary N) is 2. The average Bonchev–Trinajstić information content (AvgIpc) is 2.74. The molecule has 154 valence electrons. The number of hydrogen-bond acceptors (Lipinski definition) is 5. The summed E-state index contributed by atoms with van der Waals surface area (Å²) in [5, 5.41) is 13.5. The summed E-state index contributed by atoms with van der Waals surface area (Å²) in [5.74, 6) is -0.309. The number of rotatable bonds is 7. The quantitative estimate of drug-likeness (QED) is 0.461. The fourth-order valence-corrected chi connectivity index (χ4v) is 3.10. The summed E-state index contributed by atoms with van der Waals surface area (Å²) >= 11 is 0. The van der Waals surface area contributed by atoms with Gasteiger partial charge in [0, 0.05) is 35.5 Å². The number of pyridine rings is 2. The van der Waals surface area contributed by atoms with Crippen molar-refractivity contribution in [2.75, 3.05) is 6.54 Å². The van der Waals surface area contributed by atoms with E-state index in [-0.39, 0.29) is 22.8 Å². The predicted octanol–water partition coefficient (Wildman–Crippen LogP) is 3.19. The Bertz CT molecular complexity index is 1140. The fourth-order valence-electron chi connectivity index (χ4n) is 3.10. The number of benzene rings is 1. The van der Waals surface area contributed by atoms with Crippen LogP contribution < -0.4 is 10.9 Å². The maximum Gasteiger partial charge on any atom is 0.269 e. The number of H-pyrrole nitrogens is 1. The van der Waals surface area contributed by atoms with Crippen molar-refractivity contribution in [3.8, 4) is 11.3 Å². The van der Waals surface area contributed by atoms with Gasteiger partial charge in [-0.05, 0) is 43.5 Å². The van der Waals surface area contributed by atoms with Gasteiger partial charge in [-0.2, -0.15) is 0 Å². The van der Waals surface area contributed by atoms with E-state index in [1.54, 1.807) is 37.3 Å². The van der Waals surface area contributed by atoms with Gasteiger partial charge in [-0.15, -0.1) is 0 Å². The van der Waals surface area contributed by atoms with Crippen molar-refractivity contribution >= 4 is 11.6 Å². The molecule has 0 bridgehead atoms. The van der Waals surface area contributed by atoms with Gasteiger partial charge >= 0.3 is 0 Å². The van der Waals surface area contributed by atoms with Crippen molar-refractivity contribution in [1.82, 2.24) is 15.3 Å². The number of aryl methyl sites for hydroxylation is 2. The van der Waals surface area contributed by atoms with Gasteiger partial charge in [0.15, 0.2) is 0 Å². The third-order valence-electron chi connectivity index (χ3n) is 4.80. The van der Waals surface area contributed by atoms with Crippen LogP contribution in [-0.2, 0) is 12.8 Å². The largest absolute Gasteiger partial charge is 0.350 e. The van der Waals surface area contributed by atoms with Crippen molar-refractivity contribution in [3.63, 3.8) is 0 Å². The summed E-state index contributed by atoms with van der Waals surface area (Å²) in [6.07, 6.45) is 1.15. The molecule has 3 aromatic rings. The molecule has 0 unspecified atom stereocenters. The molecule has 1 aromatic carbocycles. The Morgan fingerprint density at radius 3 is 2.60 bits per heavy atom. The van der Waals surface area contributed by atoms with E-state index in [4.69, 9.17) is 0 Å². The number of hydrogen-bond donors (Lipinski definition) is 2. The Hall–Kier alpha value is -3.81. The number of nitro groups is 1. The van der Waals surface area contributed by atoms with Crippen LogP contribution in [0.1, 0.15) is 34.2 Å². The van der Waals surface area contributed by atoms with Gasteiger partial charge in [0.2, 0.25) is 0 Å². The zero-order valence-electron chi connectivity index (χ0n) is 16.8. The molecule has 2 heterocycles. The smallest absolute Gasteiger partial charge is 0.269 e. The molecule has 8 nitrogen and oxygen atoms in total. The van der Waals surface area contributed by atoms with Crippen LogP contribution in [0.25, 0.3) is 11.3 Å². The van der Waals surface area contributed by atoms with E-state index in [0.717, 1.165) is 11.1 Å². The predicted molar refractivity (Wildman–Crippen MR) is 114 cm³/mol. The first-order valence-electron chi connectivity index (χ1n) is 9.60. The first-order valence-corrected chi connectivity index (χ1v) is 9.60. The highest BCUT2D eigenvalue weighted by Crippen LogP contribution is 2.20. The van der Waals surface area contributed by atoms with Crippen LogP contribution in [0.4, 0.5) is 5.69 Å². The lowest BCUT2D eigenvalue weighted by Crippen LogP contribution is -2.26. The molecular weight excluding hydrogens is 384 g/mol. The van der Waals surface area contributed by atoms with Crippen LogP contribution >= 0.6 is 0 Å². The molecule has 0 radical (unpaired) electrons. The number of carbonyl (C=O) groups excluding carboxylic acids is 1. The van der Waals surface area contributed by atoms with E-state index in [1.807, 2.05) is 13.0 Å². The second-order valence-electron chi connectivity index (χ2n) is 6.85. The minimum atomic E-state index is -0.447. The maximum absolute atomic E-state index is 12.5. The van der Waals surface area contributed by atoms with Gasteiger partial charge in [0.25, 0.3) is 17.2 Å². The lowest BCUT2D eigenvalue weighted by Gasteiger charge is -2.09. The number of nitro benzene ring substituents is 1. The van der Waals surface area contributed by atoms with Crippen molar-refractivity contribution in [3.05, 3.63) is 91.5 Å². The second-order valence-corrected chi connectivity index (χ2v) is 6.85. The summed E-state index contributed by atoms with van der Waals surface area (Å²) in [6.45, 7) is 4.08. The van der Waals surface area contributed by atoms with E-state index < -0.39 is 4.92 Å². The topological polar surface area (TPSA) is 118 Å². The van der Waals surface area contributed by atoms with Gasteiger partial charge in [-0.3, -0.25) is 19.7 Å². The molecule has 0 saturated heterocycles. The van der Waals surface area contributed by atoms with Crippen LogP contribution in [0.15, 0.2) is 53.3 Å². The van der Waals surface area contributed by atoms with Crippen molar-refractivity contribution in [2.24, 2.45) is 0 Å². The summed E-state index contributed by atoms with van der Waals surface area (Å²) in [7, 11) is 0. The van der Waals surface area contributed by atoms with E-state index in [0.29, 0.717) is 36.3 Å². The number of aromatic nitrogens is 2. The Morgan fingerprint density at radius 2 is 1.93 bits per heavy atom. The van der Waals surface area contributed by atoms with E-state index in [1.165, 1.54) is 12.1 Å². The Morgan fingerprint density at radius 1 is 1.20 bits per heavy atom. The molecule has 0 aliphatic heterocycles. The number of amides is 1. The molecule has 0 aliphatic carbocycles. The van der Waals surface area contributed by atoms with Crippen molar-refractivity contribution < 1.29 is 9.72 Å². The standard InChI is InChI=1S/C22H22N4O4/c1-3-16-13-18(14(2)24-21(16)27)19-5-4-6-20(25-19)22(28)23-12-11-15-7-9-17(10-8-15)26(29)30/h4-10,13H,3,11-12H2,1-2H3,(H,23,28)(H,24,27). The highest BCUT2D eigenvalue weighted by Gasteiger charge is 2.12. The van der Waals surface area contributed by atoms with Gasteiger partial charge in [0.05, 0.1) is 10.6 Å². The van der Waals surface area contributed by atoms with Crippen LogP contribution in [0.5, 0.6) is 0 Å². The van der Waals surface area contributed by atoms with E-state index >= 15 is 0 Å². The molecule has 0 aliphatic rings. The molecule has 0 fully saturated rings. The Balaban J connectivity index is 1.69. The summed E-state index contributed by atoms with van der Waals surface area (Å²) in [5.41, 5.74) is 3.84. The monoisotopic (exact) mass is 406 g/mol. The van der Waals surface area contributed by atoms with E-state index in [9.17, 15) is 19.7 Å². The third kappa shape index (κ3) is 4.78. The number of carbonyl (C=O) groups is 1. The molecule has 3 rings (SSSR count). The number of aromatic amines is 1. The number of non-ortho nitro benzene ring substituents is 1. The zero-order valence-corrected chi connectivity index (χ0v) is 16.8. The van der Waals surface area contributed by atoms with Crippen LogP contribution in [0.2, 0.25) is 0 Å². The first-order chi connectivity index (χ1) is 14.4. The Labute approximate surface area is 173 Å². The molecule has 0 spiro atoms. The fraction of sp³-hybridized carbons (Fsp3) is 0.227. The highest BCUT2D eigenvalue weighted by molar-refractivity contribution is 5.92. The molecule has 0 saturated carbocycles. The minimum absolute atomic E-state index is 0.0348. The number of nitrogens with zero attached hydrogens (tertiary/aromatic N) is 2. The minimum Gasteiger partial charge on any atom is -0.350 e. The van der Waals surface area contributed by atoms with Gasteiger partial charge in [-0.25, -0.2) is 4.98 Å². The maximum atomic E-state index is 12.5. The third-order valence-corrected chi connectivity index (χ3v) is 4.80. The zero-order chi connectivity index (χ0) is 21.7. The van der Waals surface area contributed by atoms with Crippen molar-refractivity contribution in [2.45, 2.75) is 26.7 Å². The lowest BCUT2D eigenvalue weighted by molar-refractivity contribution is -0.384. The van der Waals surface area contributed by atoms with Crippen LogP contribution in [0, 0.1) is 17.0 Å². The summed E-state index contributed by atoms with van der Waals surface area (Å²) in [6, 6.07) is 13.2. The molecule has 2 aromatic heterocycles. The summed E-state index contributed by atoms with van der Waals surface area (Å²) in [4.78, 5) is 42.0. The van der Waals surface area contributed by atoms with Crippen LogP contribution in [-0.4, -0.2) is 27.3 Å². The average molecular weight is 406 g/mol. The van der Waals surface area contributed by atoms with E-state index in [2.05, 4.69) is 15.3 Å². The molecule has 2 N–H and O–H groups in total. The molecular formula is C22H22N4O4. The Kier molecular flexibility index (Phi) is 6.36. The van der Waals surface area contributed by atoms with Crippen LogP contribution in [0.3, 0.4) is 0 Å². The molecule has 1 amide bonds. The van der Waals surface area contributed by atoms with Crippen molar-refractivity contribution in [1.29, 1.82) is 0 Å². The van der Waals surface area contributed by atoms with Gasteiger partial charge in [0.1, 0.15) is 5.69 Å². The van der Waals surface area contributed by atoms with Gasteiger partial charge < -0.3 is 10.3 Å². The normalized spacial score (nSPS) is 10.6. The molecule has 8 heteroatoms. The lowest BCUT2D eigenvalue weighted by atomic mass is 10.1. The molecule has 0 atom stereocenters. The SMILES string of the molecule is CCc1cc(-c2cccc(C(=O)NCCc3ccc([N+](=O)[O-])cc3)n2)c(C)[nH]c1=O. The second kappa shape index (κ2) is 9.13. The highest BCUT2D eigenvalue weighted by atomic mass is 16.6. The molecule has 30 heavy (non-hydrogen) atoms.